The van der Waals surface area contributed by atoms with Gasteiger partial charge in [0.2, 0.25) is 0 Å². The fraction of sp³-hybridized carbons (Fsp3) is 0.571. The number of aliphatic hydroxyl groups excluding tert-OH is 1. The monoisotopic (exact) mass is 330 g/mol. The number of aliphatic hydroxyl groups is 1. The van der Waals surface area contributed by atoms with Gasteiger partial charge in [0.25, 0.3) is 0 Å². The van der Waals surface area contributed by atoms with Gasteiger partial charge in [-0.3, -0.25) is 4.90 Å². The zero-order valence-electron chi connectivity index (χ0n) is 11.7. The lowest BCUT2D eigenvalue weighted by Crippen LogP contribution is -2.41. The van der Waals surface area contributed by atoms with E-state index in [-0.39, 0.29) is 12.1 Å². The molecule has 19 heavy (non-hydrogen) atoms. The van der Waals surface area contributed by atoms with E-state index in [1.807, 2.05) is 26.1 Å². The minimum Gasteiger partial charge on any atom is -0.389 e. The summed E-state index contributed by atoms with van der Waals surface area (Å²) in [5.74, 6) is 0. The van der Waals surface area contributed by atoms with E-state index in [4.69, 9.17) is 10.5 Å². The van der Waals surface area contributed by atoms with Gasteiger partial charge >= 0.3 is 0 Å². The first kappa shape index (κ1) is 16.6. The van der Waals surface area contributed by atoms with Crippen molar-refractivity contribution in [2.45, 2.75) is 25.1 Å². The molecular weight excluding hydrogens is 308 g/mol. The molecule has 0 aliphatic rings. The van der Waals surface area contributed by atoms with E-state index >= 15 is 0 Å². The Kier molecular flexibility index (Phi) is 6.96. The van der Waals surface area contributed by atoms with Crippen LogP contribution in [-0.2, 0) is 4.74 Å². The van der Waals surface area contributed by atoms with Crippen LogP contribution in [0.1, 0.15) is 18.5 Å². The molecule has 0 fully saturated rings. The molecule has 0 saturated heterocycles. The van der Waals surface area contributed by atoms with Crippen molar-refractivity contribution in [2.24, 2.45) is 5.73 Å². The van der Waals surface area contributed by atoms with Crippen LogP contribution in [0, 0.1) is 0 Å². The molecule has 1 rings (SSSR count). The molecule has 3 unspecified atom stereocenters. The molecule has 0 amide bonds. The van der Waals surface area contributed by atoms with Gasteiger partial charge < -0.3 is 15.6 Å². The molecule has 1 aromatic carbocycles. The highest BCUT2D eigenvalue weighted by atomic mass is 79.9. The molecule has 1 aromatic rings. The first-order chi connectivity index (χ1) is 8.95. The van der Waals surface area contributed by atoms with Crippen LogP contribution >= 0.6 is 15.9 Å². The van der Waals surface area contributed by atoms with Crippen LogP contribution in [0.2, 0.25) is 0 Å². The predicted molar refractivity (Wildman–Crippen MR) is 81.0 cm³/mol. The average Bonchev–Trinajstić information content (AvgIpc) is 2.28. The minimum absolute atomic E-state index is 0.0333. The number of hydrogen-bond acceptors (Lipinski definition) is 4. The summed E-state index contributed by atoms with van der Waals surface area (Å²) in [4.78, 5) is 2.07. The van der Waals surface area contributed by atoms with Gasteiger partial charge in [0.05, 0.1) is 12.7 Å². The molecule has 5 heteroatoms. The van der Waals surface area contributed by atoms with Crippen molar-refractivity contribution < 1.29 is 9.84 Å². The van der Waals surface area contributed by atoms with Crippen LogP contribution in [0.15, 0.2) is 28.7 Å². The molecule has 0 radical (unpaired) electrons. The smallest absolute Gasteiger partial charge is 0.0900 e. The molecule has 0 bridgehead atoms. The Bertz CT molecular complexity index is 387. The summed E-state index contributed by atoms with van der Waals surface area (Å²) in [6.07, 6.45) is -0.511. The Morgan fingerprint density at radius 2 is 2.16 bits per heavy atom. The van der Waals surface area contributed by atoms with Gasteiger partial charge in [-0.25, -0.2) is 0 Å². The van der Waals surface area contributed by atoms with E-state index in [1.54, 1.807) is 7.11 Å². The molecule has 0 spiro atoms. The summed E-state index contributed by atoms with van der Waals surface area (Å²) in [6.45, 7) is 2.83. The van der Waals surface area contributed by atoms with Crippen molar-refractivity contribution in [1.82, 2.24) is 4.90 Å². The topological polar surface area (TPSA) is 58.7 Å². The minimum atomic E-state index is -0.511. The third-order valence-corrected chi connectivity index (χ3v) is 3.51. The van der Waals surface area contributed by atoms with Crippen molar-refractivity contribution in [3.63, 3.8) is 0 Å². The van der Waals surface area contributed by atoms with Crippen molar-refractivity contribution in [2.75, 3.05) is 27.3 Å². The maximum absolute atomic E-state index is 9.84. The second-order valence-corrected chi connectivity index (χ2v) is 5.82. The summed E-state index contributed by atoms with van der Waals surface area (Å²) < 4.78 is 5.98. The molecular formula is C14H23BrN2O2. The fourth-order valence-electron chi connectivity index (χ4n) is 2.34. The summed E-state index contributed by atoms with van der Waals surface area (Å²) in [5, 5.41) is 9.84. The molecule has 3 N–H and O–H groups in total. The van der Waals surface area contributed by atoms with E-state index in [2.05, 4.69) is 33.0 Å². The summed E-state index contributed by atoms with van der Waals surface area (Å²) in [5.41, 5.74) is 7.24. The second kappa shape index (κ2) is 7.97. The van der Waals surface area contributed by atoms with Crippen LogP contribution < -0.4 is 5.73 Å². The van der Waals surface area contributed by atoms with Crippen LogP contribution in [0.4, 0.5) is 0 Å². The molecule has 4 nitrogen and oxygen atoms in total. The van der Waals surface area contributed by atoms with Crippen LogP contribution in [0.3, 0.4) is 0 Å². The molecule has 0 aromatic heterocycles. The van der Waals surface area contributed by atoms with Crippen molar-refractivity contribution >= 4 is 15.9 Å². The number of likely N-dealkylation sites (N-methyl/N-ethyl adjacent to an activating group) is 1. The largest absolute Gasteiger partial charge is 0.389 e. The van der Waals surface area contributed by atoms with Crippen molar-refractivity contribution in [1.29, 1.82) is 0 Å². The van der Waals surface area contributed by atoms with Crippen LogP contribution in [0.25, 0.3) is 0 Å². The molecule has 108 valence electrons. The highest BCUT2D eigenvalue weighted by molar-refractivity contribution is 9.10. The van der Waals surface area contributed by atoms with Gasteiger partial charge in [0, 0.05) is 30.2 Å². The number of ether oxygens (including phenoxy) is 1. The number of nitrogens with zero attached hydrogens (tertiary/aromatic N) is 1. The van der Waals surface area contributed by atoms with Crippen LogP contribution in [0.5, 0.6) is 0 Å². The van der Waals surface area contributed by atoms with Gasteiger partial charge in [0.1, 0.15) is 0 Å². The average molecular weight is 331 g/mol. The highest BCUT2D eigenvalue weighted by Crippen LogP contribution is 2.25. The SMILES string of the molecule is COCC(O)CN(C)C(c1cccc(Br)c1)C(C)N. The van der Waals surface area contributed by atoms with Gasteiger partial charge in [-0.1, -0.05) is 28.1 Å². The van der Waals surface area contributed by atoms with Crippen LogP contribution in [-0.4, -0.2) is 49.5 Å². The number of halogens is 1. The van der Waals surface area contributed by atoms with E-state index in [1.165, 1.54) is 0 Å². The molecule has 0 aliphatic carbocycles. The second-order valence-electron chi connectivity index (χ2n) is 4.91. The Morgan fingerprint density at radius 3 is 2.68 bits per heavy atom. The fourth-order valence-corrected chi connectivity index (χ4v) is 2.76. The maximum Gasteiger partial charge on any atom is 0.0900 e. The Morgan fingerprint density at radius 1 is 1.47 bits per heavy atom. The lowest BCUT2D eigenvalue weighted by atomic mass is 9.99. The Labute approximate surface area is 123 Å². The number of rotatable bonds is 7. The van der Waals surface area contributed by atoms with Crippen molar-refractivity contribution in [3.8, 4) is 0 Å². The van der Waals surface area contributed by atoms with Gasteiger partial charge in [-0.15, -0.1) is 0 Å². The normalized spacial score (nSPS) is 16.4. The van der Waals surface area contributed by atoms with E-state index < -0.39 is 6.10 Å². The van der Waals surface area contributed by atoms with Crippen molar-refractivity contribution in [3.05, 3.63) is 34.3 Å². The zero-order valence-corrected chi connectivity index (χ0v) is 13.3. The Balaban J connectivity index is 2.82. The molecule has 0 aliphatic heterocycles. The maximum atomic E-state index is 9.84. The molecule has 0 heterocycles. The molecule has 0 saturated carbocycles. The zero-order chi connectivity index (χ0) is 14.4. The number of hydrogen-bond donors (Lipinski definition) is 2. The lowest BCUT2D eigenvalue weighted by molar-refractivity contribution is 0.0317. The van der Waals surface area contributed by atoms with E-state index in [9.17, 15) is 5.11 Å². The third-order valence-electron chi connectivity index (χ3n) is 3.02. The van der Waals surface area contributed by atoms with Gasteiger partial charge in [-0.05, 0) is 31.7 Å². The first-order valence-corrected chi connectivity index (χ1v) is 7.13. The standard InChI is InChI=1S/C14H23BrN2O2/c1-10(16)14(11-5-4-6-12(15)7-11)17(2)8-13(18)9-19-3/h4-7,10,13-14,18H,8-9,16H2,1-3H3. The quantitative estimate of drug-likeness (QED) is 0.800. The Hall–Kier alpha value is -0.460. The summed E-state index contributed by atoms with van der Waals surface area (Å²) in [7, 11) is 3.55. The van der Waals surface area contributed by atoms with Gasteiger partial charge in [-0.2, -0.15) is 0 Å². The third kappa shape index (κ3) is 5.20. The molecule has 3 atom stereocenters. The van der Waals surface area contributed by atoms with E-state index in [0.29, 0.717) is 13.2 Å². The number of methoxy groups -OCH3 is 1. The number of benzene rings is 1. The van der Waals surface area contributed by atoms with Gasteiger partial charge in [0.15, 0.2) is 0 Å². The first-order valence-electron chi connectivity index (χ1n) is 6.34. The summed E-state index contributed by atoms with van der Waals surface area (Å²) >= 11 is 3.48. The van der Waals surface area contributed by atoms with E-state index in [0.717, 1.165) is 10.0 Å². The lowest BCUT2D eigenvalue weighted by Gasteiger charge is -2.32. The highest BCUT2D eigenvalue weighted by Gasteiger charge is 2.23. The predicted octanol–water partition coefficient (Wildman–Crippen LogP) is 1.78. The summed E-state index contributed by atoms with van der Waals surface area (Å²) in [6, 6.07) is 8.12. The number of nitrogens with two attached hydrogens (primary N) is 1.